The highest BCUT2D eigenvalue weighted by atomic mass is 79.9. The first-order chi connectivity index (χ1) is 9.16. The quantitative estimate of drug-likeness (QED) is 0.810. The third-order valence-electron chi connectivity index (χ3n) is 2.89. The van der Waals surface area contributed by atoms with Crippen LogP contribution in [0.5, 0.6) is 5.75 Å². The Labute approximate surface area is 119 Å². The molecule has 6 heteroatoms. The van der Waals surface area contributed by atoms with Gasteiger partial charge in [-0.15, -0.1) is 0 Å². The van der Waals surface area contributed by atoms with Crippen LogP contribution < -0.4 is 10.1 Å². The standard InChI is InChI=1S/C13H16BrF2NO2/c14-9-1-2-12-10(7-9)11(3-5-19-12)17-4-6-18-8-13(15)16/h1-2,7,11,13,17H,3-6,8H2. The molecule has 0 aromatic heterocycles. The van der Waals surface area contributed by atoms with Crippen molar-refractivity contribution in [2.45, 2.75) is 18.9 Å². The zero-order valence-corrected chi connectivity index (χ0v) is 12.0. The number of hydrogen-bond donors (Lipinski definition) is 1. The lowest BCUT2D eigenvalue weighted by Crippen LogP contribution is -2.30. The molecule has 0 saturated carbocycles. The van der Waals surface area contributed by atoms with Crippen molar-refractivity contribution in [3.05, 3.63) is 28.2 Å². The van der Waals surface area contributed by atoms with E-state index < -0.39 is 13.0 Å². The van der Waals surface area contributed by atoms with Crippen molar-refractivity contribution in [1.29, 1.82) is 0 Å². The van der Waals surface area contributed by atoms with E-state index in [4.69, 9.17) is 9.47 Å². The van der Waals surface area contributed by atoms with Gasteiger partial charge in [0, 0.05) is 29.0 Å². The van der Waals surface area contributed by atoms with Gasteiger partial charge in [0.05, 0.1) is 13.2 Å². The van der Waals surface area contributed by atoms with E-state index in [-0.39, 0.29) is 12.6 Å². The van der Waals surface area contributed by atoms with Crippen molar-refractivity contribution < 1.29 is 18.3 Å². The molecule has 0 saturated heterocycles. The molecule has 1 aromatic carbocycles. The van der Waals surface area contributed by atoms with Gasteiger partial charge in [-0.2, -0.15) is 0 Å². The number of alkyl halides is 2. The minimum absolute atomic E-state index is 0.177. The van der Waals surface area contributed by atoms with Crippen LogP contribution in [-0.2, 0) is 4.74 Å². The van der Waals surface area contributed by atoms with E-state index in [0.29, 0.717) is 13.2 Å². The second kappa shape index (κ2) is 7.17. The predicted molar refractivity (Wildman–Crippen MR) is 71.8 cm³/mol. The maximum atomic E-state index is 11.9. The molecule has 1 heterocycles. The summed E-state index contributed by atoms with van der Waals surface area (Å²) in [6.45, 7) is 0.982. The number of fused-ring (bicyclic) bond motifs is 1. The van der Waals surface area contributed by atoms with Crippen molar-refractivity contribution in [1.82, 2.24) is 5.32 Å². The number of rotatable bonds is 6. The van der Waals surface area contributed by atoms with Crippen LogP contribution in [0.4, 0.5) is 8.78 Å². The number of ether oxygens (including phenoxy) is 2. The van der Waals surface area contributed by atoms with Crippen LogP contribution in [-0.4, -0.2) is 32.8 Å². The zero-order chi connectivity index (χ0) is 13.7. The molecular formula is C13H16BrF2NO2. The maximum absolute atomic E-state index is 11.9. The fourth-order valence-electron chi connectivity index (χ4n) is 2.06. The molecule has 19 heavy (non-hydrogen) atoms. The summed E-state index contributed by atoms with van der Waals surface area (Å²) >= 11 is 3.44. The lowest BCUT2D eigenvalue weighted by molar-refractivity contribution is 0.0179. The molecule has 0 aliphatic carbocycles. The number of hydrogen-bond acceptors (Lipinski definition) is 3. The summed E-state index contributed by atoms with van der Waals surface area (Å²) < 4.78 is 35.2. The molecule has 0 radical (unpaired) electrons. The fourth-order valence-corrected chi connectivity index (χ4v) is 2.43. The fraction of sp³-hybridized carbons (Fsp3) is 0.538. The van der Waals surface area contributed by atoms with E-state index in [1.165, 1.54) is 0 Å². The monoisotopic (exact) mass is 335 g/mol. The second-order valence-electron chi connectivity index (χ2n) is 4.29. The summed E-state index contributed by atoms with van der Waals surface area (Å²) in [5.41, 5.74) is 1.09. The number of halogens is 3. The molecule has 0 bridgehead atoms. The zero-order valence-electron chi connectivity index (χ0n) is 10.4. The molecule has 1 aliphatic rings. The Bertz CT molecular complexity index is 418. The van der Waals surface area contributed by atoms with Gasteiger partial charge in [0.25, 0.3) is 6.43 Å². The Morgan fingerprint density at radius 3 is 3.11 bits per heavy atom. The van der Waals surface area contributed by atoms with Crippen molar-refractivity contribution in [3.8, 4) is 5.75 Å². The Morgan fingerprint density at radius 2 is 2.32 bits per heavy atom. The first-order valence-electron chi connectivity index (χ1n) is 6.18. The summed E-state index contributed by atoms with van der Waals surface area (Å²) in [6, 6.07) is 6.07. The Hall–Kier alpha value is -0.720. The van der Waals surface area contributed by atoms with Gasteiger partial charge in [-0.25, -0.2) is 8.78 Å². The Balaban J connectivity index is 1.84. The molecular weight excluding hydrogens is 320 g/mol. The van der Waals surface area contributed by atoms with Gasteiger partial charge in [0.2, 0.25) is 0 Å². The number of benzene rings is 1. The maximum Gasteiger partial charge on any atom is 0.261 e. The van der Waals surface area contributed by atoms with Crippen molar-refractivity contribution in [2.75, 3.05) is 26.4 Å². The van der Waals surface area contributed by atoms with E-state index in [2.05, 4.69) is 21.2 Å². The molecule has 1 unspecified atom stereocenters. The van der Waals surface area contributed by atoms with Crippen molar-refractivity contribution in [3.63, 3.8) is 0 Å². The van der Waals surface area contributed by atoms with Gasteiger partial charge in [-0.3, -0.25) is 0 Å². The summed E-state index contributed by atoms with van der Waals surface area (Å²) in [5, 5.41) is 3.31. The average Bonchev–Trinajstić information content (AvgIpc) is 2.38. The largest absolute Gasteiger partial charge is 0.493 e. The van der Waals surface area contributed by atoms with Gasteiger partial charge >= 0.3 is 0 Å². The summed E-state index contributed by atoms with van der Waals surface area (Å²) in [7, 11) is 0. The van der Waals surface area contributed by atoms with Crippen molar-refractivity contribution in [2.24, 2.45) is 0 Å². The molecule has 1 atom stereocenters. The van der Waals surface area contributed by atoms with Crippen LogP contribution in [0.1, 0.15) is 18.0 Å². The van der Waals surface area contributed by atoms with Gasteiger partial charge in [0.1, 0.15) is 12.4 Å². The van der Waals surface area contributed by atoms with Crippen molar-refractivity contribution >= 4 is 15.9 Å². The van der Waals surface area contributed by atoms with Crippen LogP contribution in [0.3, 0.4) is 0 Å². The SMILES string of the molecule is FC(F)COCCNC1CCOc2ccc(Br)cc21. The molecule has 1 aliphatic heterocycles. The van der Waals surface area contributed by atoms with Crippen LogP contribution in [0, 0.1) is 0 Å². The smallest absolute Gasteiger partial charge is 0.261 e. The molecule has 0 fully saturated rings. The molecule has 3 nitrogen and oxygen atoms in total. The third kappa shape index (κ3) is 4.40. The highest BCUT2D eigenvalue weighted by Crippen LogP contribution is 2.33. The van der Waals surface area contributed by atoms with Gasteiger partial charge < -0.3 is 14.8 Å². The molecule has 2 rings (SSSR count). The predicted octanol–water partition coefficient (Wildman–Crippen LogP) is 3.14. The lowest BCUT2D eigenvalue weighted by atomic mass is 10.0. The van der Waals surface area contributed by atoms with Gasteiger partial charge in [-0.05, 0) is 18.2 Å². The topological polar surface area (TPSA) is 30.5 Å². The minimum atomic E-state index is -2.40. The highest BCUT2D eigenvalue weighted by molar-refractivity contribution is 9.10. The van der Waals surface area contributed by atoms with E-state index in [1.807, 2.05) is 18.2 Å². The van der Waals surface area contributed by atoms with Crippen LogP contribution >= 0.6 is 15.9 Å². The second-order valence-corrected chi connectivity index (χ2v) is 5.21. The summed E-state index contributed by atoms with van der Waals surface area (Å²) in [5.74, 6) is 0.875. The first-order valence-corrected chi connectivity index (χ1v) is 6.97. The van der Waals surface area contributed by atoms with Crippen LogP contribution in [0.2, 0.25) is 0 Å². The normalized spacial score (nSPS) is 18.2. The van der Waals surface area contributed by atoms with Gasteiger partial charge in [-0.1, -0.05) is 15.9 Å². The molecule has 106 valence electrons. The van der Waals surface area contributed by atoms with Crippen LogP contribution in [0.25, 0.3) is 0 Å². The summed E-state index contributed by atoms with van der Waals surface area (Å²) in [4.78, 5) is 0. The number of nitrogens with one attached hydrogen (secondary N) is 1. The van der Waals surface area contributed by atoms with E-state index >= 15 is 0 Å². The molecule has 1 N–H and O–H groups in total. The summed E-state index contributed by atoms with van der Waals surface area (Å²) in [6.07, 6.45) is -1.54. The van der Waals surface area contributed by atoms with E-state index in [0.717, 1.165) is 22.2 Å². The van der Waals surface area contributed by atoms with Crippen LogP contribution in [0.15, 0.2) is 22.7 Å². The van der Waals surface area contributed by atoms with E-state index in [1.54, 1.807) is 0 Å². The average molecular weight is 336 g/mol. The minimum Gasteiger partial charge on any atom is -0.493 e. The highest BCUT2D eigenvalue weighted by Gasteiger charge is 2.20. The van der Waals surface area contributed by atoms with E-state index in [9.17, 15) is 8.78 Å². The molecule has 0 amide bonds. The lowest BCUT2D eigenvalue weighted by Gasteiger charge is -2.27. The Kier molecular flexibility index (Phi) is 5.54. The molecule has 0 spiro atoms. The first kappa shape index (κ1) is 14.7. The third-order valence-corrected chi connectivity index (χ3v) is 3.39. The van der Waals surface area contributed by atoms with Gasteiger partial charge in [0.15, 0.2) is 0 Å². The molecule has 1 aromatic rings. The Morgan fingerprint density at radius 1 is 1.47 bits per heavy atom.